The van der Waals surface area contributed by atoms with Crippen LogP contribution in [0.4, 0.5) is 0 Å². The van der Waals surface area contributed by atoms with Crippen LogP contribution in [0.2, 0.25) is 0 Å². The number of aliphatic hydroxyl groups is 2. The molecule has 0 aromatic carbocycles. The largest absolute Gasteiger partial charge is 0.393 e. The molecular formula is C19H28ClNO4. The molecule has 5 nitrogen and oxygen atoms in total. The maximum Gasteiger partial charge on any atom is 0.324 e. The summed E-state index contributed by atoms with van der Waals surface area (Å²) in [4.78, 5) is 15.3. The van der Waals surface area contributed by atoms with Crippen molar-refractivity contribution in [2.75, 3.05) is 0 Å². The molecule has 0 bridgehead atoms. The molecule has 0 amide bonds. The first-order valence-corrected chi connectivity index (χ1v) is 9.18. The van der Waals surface area contributed by atoms with Crippen LogP contribution >= 0.6 is 11.9 Å². The molecule has 1 aromatic heterocycles. The summed E-state index contributed by atoms with van der Waals surface area (Å²) < 4.78 is 4.07. The molecule has 0 aliphatic carbocycles. The van der Waals surface area contributed by atoms with Gasteiger partial charge in [0.1, 0.15) is 11.9 Å². The third-order valence-electron chi connectivity index (χ3n) is 3.98. The number of hydrogen-bond donors (Lipinski definition) is 2. The first-order chi connectivity index (χ1) is 12.1. The molecular weight excluding hydrogens is 342 g/mol. The number of nitrogens with zero attached hydrogens (tertiary/aromatic N) is 1. The quantitative estimate of drug-likeness (QED) is 0.536. The molecule has 0 aliphatic rings. The molecule has 25 heavy (non-hydrogen) atoms. The Bertz CT molecular complexity index is 536. The fourth-order valence-corrected chi connectivity index (χ4v) is 2.64. The van der Waals surface area contributed by atoms with E-state index in [0.29, 0.717) is 25.0 Å². The zero-order chi connectivity index (χ0) is 18.5. The van der Waals surface area contributed by atoms with Crippen molar-refractivity contribution in [2.45, 2.75) is 70.5 Å². The van der Waals surface area contributed by atoms with Crippen molar-refractivity contribution in [3.63, 3.8) is 0 Å². The zero-order valence-electron chi connectivity index (χ0n) is 14.7. The van der Waals surface area contributed by atoms with Crippen LogP contribution < -0.4 is 0 Å². The summed E-state index contributed by atoms with van der Waals surface area (Å²) in [5.74, 6) is -0.507. The van der Waals surface area contributed by atoms with Gasteiger partial charge in [-0.15, -0.1) is 0 Å². The van der Waals surface area contributed by atoms with Crippen molar-refractivity contribution in [3.05, 3.63) is 35.7 Å². The predicted molar refractivity (Wildman–Crippen MR) is 98.8 cm³/mol. The Morgan fingerprint density at radius 2 is 2.12 bits per heavy atom. The summed E-state index contributed by atoms with van der Waals surface area (Å²) in [6.07, 6.45) is 10.0. The van der Waals surface area contributed by atoms with Crippen LogP contribution in [0.1, 0.15) is 75.7 Å². The number of carbonyl (C=O) groups excluding carboxylic acids is 1. The minimum absolute atomic E-state index is 0.155. The van der Waals surface area contributed by atoms with Gasteiger partial charge in [0.2, 0.25) is 0 Å². The van der Waals surface area contributed by atoms with Crippen LogP contribution in [0.25, 0.3) is 6.08 Å². The van der Waals surface area contributed by atoms with Gasteiger partial charge in [0.25, 0.3) is 0 Å². The Labute approximate surface area is 154 Å². The van der Waals surface area contributed by atoms with Gasteiger partial charge in [0.05, 0.1) is 17.9 Å². The van der Waals surface area contributed by atoms with Gasteiger partial charge < -0.3 is 14.5 Å². The highest BCUT2D eigenvalue weighted by Gasteiger charge is 2.13. The van der Waals surface area contributed by atoms with E-state index >= 15 is 0 Å². The molecule has 140 valence electrons. The van der Waals surface area contributed by atoms with Crippen LogP contribution in [-0.2, 0) is 9.08 Å². The number of unbranched alkanes of at least 4 members (excludes halogenated alkanes) is 2. The van der Waals surface area contributed by atoms with E-state index < -0.39 is 12.1 Å². The molecule has 2 atom stereocenters. The lowest BCUT2D eigenvalue weighted by atomic mass is 10.0. The molecule has 0 aliphatic heterocycles. The number of hydrogen-bond acceptors (Lipinski definition) is 5. The monoisotopic (exact) mass is 369 g/mol. The van der Waals surface area contributed by atoms with Crippen molar-refractivity contribution in [2.24, 2.45) is 0 Å². The maximum absolute atomic E-state index is 11.0. The fourth-order valence-electron chi connectivity index (χ4n) is 2.56. The highest BCUT2D eigenvalue weighted by molar-refractivity contribution is 6.13. The summed E-state index contributed by atoms with van der Waals surface area (Å²) in [5.41, 5.74) is 1.38. The number of carbonyl (C=O) groups is 1. The van der Waals surface area contributed by atoms with Gasteiger partial charge in [-0.2, -0.15) is 0 Å². The van der Waals surface area contributed by atoms with E-state index in [9.17, 15) is 15.0 Å². The van der Waals surface area contributed by atoms with Crippen LogP contribution in [0.5, 0.6) is 0 Å². The van der Waals surface area contributed by atoms with E-state index in [1.807, 2.05) is 18.2 Å². The lowest BCUT2D eigenvalue weighted by molar-refractivity contribution is -0.134. The van der Waals surface area contributed by atoms with E-state index in [1.165, 1.54) is 0 Å². The average molecular weight is 370 g/mol. The van der Waals surface area contributed by atoms with E-state index in [-0.39, 0.29) is 12.5 Å². The lowest BCUT2D eigenvalue weighted by Gasteiger charge is -2.12. The summed E-state index contributed by atoms with van der Waals surface area (Å²) in [7, 11) is 0. The normalized spacial score (nSPS) is 13.8. The van der Waals surface area contributed by atoms with Gasteiger partial charge in [-0.05, 0) is 37.3 Å². The summed E-state index contributed by atoms with van der Waals surface area (Å²) in [5, 5.41) is 20.3. The van der Waals surface area contributed by atoms with Crippen molar-refractivity contribution in [3.8, 4) is 0 Å². The minimum atomic E-state index is -0.765. The molecule has 1 aromatic rings. The molecule has 1 heterocycles. The summed E-state index contributed by atoms with van der Waals surface area (Å²) in [6, 6.07) is 3.68. The second-order valence-electron chi connectivity index (χ2n) is 6.12. The molecule has 1 rings (SSSR count). The molecule has 0 saturated carbocycles. The number of rotatable bonds is 12. The van der Waals surface area contributed by atoms with Crippen LogP contribution in [0.15, 0.2) is 24.4 Å². The number of aliphatic hydroxyl groups excluding tert-OH is 2. The third-order valence-corrected chi connectivity index (χ3v) is 4.15. The van der Waals surface area contributed by atoms with E-state index in [0.717, 1.165) is 31.2 Å². The van der Waals surface area contributed by atoms with Gasteiger partial charge >= 0.3 is 5.97 Å². The second-order valence-corrected chi connectivity index (χ2v) is 6.28. The number of aromatic nitrogens is 1. The minimum Gasteiger partial charge on any atom is -0.393 e. The Kier molecular flexibility index (Phi) is 11.1. The van der Waals surface area contributed by atoms with Crippen molar-refractivity contribution < 1.29 is 19.3 Å². The molecule has 0 saturated heterocycles. The maximum atomic E-state index is 11.0. The zero-order valence-corrected chi connectivity index (χ0v) is 15.5. The van der Waals surface area contributed by atoms with E-state index in [1.54, 1.807) is 12.3 Å². The van der Waals surface area contributed by atoms with Gasteiger partial charge in [-0.3, -0.25) is 9.78 Å². The average Bonchev–Trinajstić information content (AvgIpc) is 2.62. The second kappa shape index (κ2) is 12.9. The lowest BCUT2D eigenvalue weighted by Crippen LogP contribution is -2.05. The predicted octanol–water partition coefficient (Wildman–Crippen LogP) is 4.33. The molecule has 0 fully saturated rings. The molecule has 6 heteroatoms. The number of pyridine rings is 1. The Hall–Kier alpha value is -1.43. The Morgan fingerprint density at radius 1 is 1.32 bits per heavy atom. The highest BCUT2D eigenvalue weighted by atomic mass is 35.5. The van der Waals surface area contributed by atoms with Gasteiger partial charge in [0, 0.05) is 12.6 Å². The highest BCUT2D eigenvalue weighted by Crippen LogP contribution is 2.22. The first kappa shape index (κ1) is 21.6. The van der Waals surface area contributed by atoms with Gasteiger partial charge in [0.15, 0.2) is 0 Å². The van der Waals surface area contributed by atoms with Crippen LogP contribution in [0.3, 0.4) is 0 Å². The Balaban J connectivity index is 2.54. The summed E-state index contributed by atoms with van der Waals surface area (Å²) >= 11 is 4.98. The smallest absolute Gasteiger partial charge is 0.324 e. The topological polar surface area (TPSA) is 79.7 Å². The SMILES string of the molecule is CCCCCC(O)C/C=C/c1cccnc1C(O)CCCC(=O)OCl. The number of halogens is 1. The van der Waals surface area contributed by atoms with Crippen molar-refractivity contribution in [1.29, 1.82) is 0 Å². The van der Waals surface area contributed by atoms with E-state index in [4.69, 9.17) is 11.9 Å². The molecule has 0 spiro atoms. The van der Waals surface area contributed by atoms with Crippen molar-refractivity contribution in [1.82, 2.24) is 4.98 Å². The molecule has 0 radical (unpaired) electrons. The van der Waals surface area contributed by atoms with Crippen molar-refractivity contribution >= 4 is 23.9 Å². The van der Waals surface area contributed by atoms with Gasteiger partial charge in [-0.25, -0.2) is 0 Å². The van der Waals surface area contributed by atoms with E-state index in [2.05, 4.69) is 16.2 Å². The fraction of sp³-hybridized carbons (Fsp3) is 0.579. The Morgan fingerprint density at radius 3 is 2.84 bits per heavy atom. The van der Waals surface area contributed by atoms with Crippen LogP contribution in [0, 0.1) is 0 Å². The molecule has 2 unspecified atom stereocenters. The van der Waals surface area contributed by atoms with Crippen LogP contribution in [-0.4, -0.2) is 27.3 Å². The molecule has 2 N–H and O–H groups in total. The third kappa shape index (κ3) is 9.00. The first-order valence-electron chi connectivity index (χ1n) is 8.87. The standard InChI is InChI=1S/C19H28ClNO4/c1-2-3-4-10-16(22)11-5-8-15-9-7-14-21-19(15)17(23)12-6-13-18(24)25-20/h5,7-9,14,16-17,22-23H,2-4,6,10-13H2,1H3/b8-5+. The van der Waals surface area contributed by atoms with Gasteiger partial charge in [-0.1, -0.05) is 44.4 Å². The summed E-state index contributed by atoms with van der Waals surface area (Å²) in [6.45, 7) is 2.14.